The van der Waals surface area contributed by atoms with Crippen LogP contribution in [0.15, 0.2) is 16.5 Å². The number of halogens is 1. The Hall–Kier alpha value is -0.535. The van der Waals surface area contributed by atoms with Crippen LogP contribution in [0.5, 0.6) is 0 Å². The minimum Gasteiger partial charge on any atom is -0.481 e. The van der Waals surface area contributed by atoms with Crippen LogP contribution in [-0.4, -0.2) is 29.4 Å². The molecule has 1 N–H and O–H groups in total. The van der Waals surface area contributed by atoms with Crippen LogP contribution in [0.3, 0.4) is 0 Å². The minimum atomic E-state index is -0.906. The molecule has 1 aromatic rings. The van der Waals surface area contributed by atoms with E-state index in [1.54, 1.807) is 12.1 Å². The Kier molecular flexibility index (Phi) is 4.23. The molecule has 0 radical (unpaired) electrons. The largest absolute Gasteiger partial charge is 0.481 e. The van der Waals surface area contributed by atoms with E-state index in [4.69, 9.17) is 18.8 Å². The van der Waals surface area contributed by atoms with E-state index in [1.807, 2.05) is 50.3 Å². The van der Waals surface area contributed by atoms with E-state index in [0.717, 1.165) is 0 Å². The van der Waals surface area contributed by atoms with E-state index < -0.39 is 30.1 Å². The van der Waals surface area contributed by atoms with Gasteiger partial charge in [0.2, 0.25) is 0 Å². The Labute approximate surface area is 132 Å². The highest BCUT2D eigenvalue weighted by molar-refractivity contribution is 14.1. The molecule has 20 heavy (non-hydrogen) atoms. The number of hydrogen-bond donors (Lipinski definition) is 1. The number of hydrogen-bond acceptors (Lipinski definition) is 4. The van der Waals surface area contributed by atoms with Gasteiger partial charge in [-0.2, -0.15) is 0 Å². The van der Waals surface area contributed by atoms with Gasteiger partial charge < -0.3 is 18.8 Å². The number of carboxylic acids is 1. The third-order valence-electron chi connectivity index (χ3n) is 3.95. The Morgan fingerprint density at radius 3 is 2.25 bits per heavy atom. The summed E-state index contributed by atoms with van der Waals surface area (Å²) in [7, 11) is -0.627. The summed E-state index contributed by atoms with van der Waals surface area (Å²) in [6.07, 6.45) is -0.0968. The first-order chi connectivity index (χ1) is 9.12. The summed E-state index contributed by atoms with van der Waals surface area (Å²) in [5.41, 5.74) is -0.984. The Morgan fingerprint density at radius 1 is 1.30 bits per heavy atom. The molecule has 1 aromatic heterocycles. The van der Waals surface area contributed by atoms with Gasteiger partial charge in [-0.3, -0.25) is 4.79 Å². The summed E-state index contributed by atoms with van der Waals surface area (Å²) >= 11 is 2.05. The van der Waals surface area contributed by atoms with Crippen molar-refractivity contribution in [3.05, 3.63) is 21.7 Å². The molecule has 0 aromatic carbocycles. The van der Waals surface area contributed by atoms with Crippen LogP contribution in [0.4, 0.5) is 0 Å². The van der Waals surface area contributed by atoms with Crippen molar-refractivity contribution in [2.75, 3.05) is 0 Å². The van der Waals surface area contributed by atoms with Crippen molar-refractivity contribution in [3.63, 3.8) is 0 Å². The third-order valence-corrected chi connectivity index (χ3v) is 4.53. The van der Waals surface area contributed by atoms with Gasteiger partial charge in [-0.1, -0.05) is 0 Å². The zero-order valence-electron chi connectivity index (χ0n) is 12.0. The van der Waals surface area contributed by atoms with Gasteiger partial charge in [0.05, 0.1) is 23.4 Å². The molecule has 2 heterocycles. The van der Waals surface area contributed by atoms with E-state index in [9.17, 15) is 4.79 Å². The van der Waals surface area contributed by atoms with Crippen molar-refractivity contribution in [2.45, 2.75) is 51.1 Å². The molecule has 1 saturated heterocycles. The standard InChI is InChI=1S/C13H18BIO5/c1-12(2)13(3,4)20-14(19-12)8(7-11(16)17)9-5-6-10(15)18-9/h5-6,8H,7H2,1-4H3,(H,16,17). The van der Waals surface area contributed by atoms with Crippen LogP contribution in [0.1, 0.15) is 45.7 Å². The molecule has 1 aliphatic rings. The molecular formula is C13H18BIO5. The predicted molar refractivity (Wildman–Crippen MR) is 82.5 cm³/mol. The molecule has 5 nitrogen and oxygen atoms in total. The van der Waals surface area contributed by atoms with Gasteiger partial charge in [-0.15, -0.1) is 0 Å². The number of rotatable bonds is 4. The van der Waals surface area contributed by atoms with Gasteiger partial charge in [0.25, 0.3) is 0 Å². The van der Waals surface area contributed by atoms with Crippen molar-refractivity contribution in [1.82, 2.24) is 0 Å². The fourth-order valence-corrected chi connectivity index (χ4v) is 2.53. The van der Waals surface area contributed by atoms with Gasteiger partial charge in [0.15, 0.2) is 3.77 Å². The highest BCUT2D eigenvalue weighted by atomic mass is 127. The fourth-order valence-electron chi connectivity index (χ4n) is 2.10. The molecule has 1 fully saturated rings. The van der Waals surface area contributed by atoms with Gasteiger partial charge in [-0.25, -0.2) is 0 Å². The molecule has 7 heteroatoms. The number of carbonyl (C=O) groups is 1. The van der Waals surface area contributed by atoms with E-state index in [0.29, 0.717) is 9.53 Å². The molecule has 1 unspecified atom stereocenters. The number of aliphatic carboxylic acids is 1. The summed E-state index contributed by atoms with van der Waals surface area (Å²) < 4.78 is 18.2. The molecule has 0 spiro atoms. The van der Waals surface area contributed by atoms with Crippen molar-refractivity contribution in [1.29, 1.82) is 0 Å². The van der Waals surface area contributed by atoms with Crippen LogP contribution < -0.4 is 0 Å². The highest BCUT2D eigenvalue weighted by Crippen LogP contribution is 2.42. The predicted octanol–water partition coefficient (Wildman–Crippen LogP) is 3.07. The lowest BCUT2D eigenvalue weighted by Gasteiger charge is -2.32. The third kappa shape index (κ3) is 3.04. The fraction of sp³-hybridized carbons (Fsp3) is 0.615. The average molecular weight is 392 g/mol. The summed E-state index contributed by atoms with van der Waals surface area (Å²) in [4.78, 5) is 11.1. The maximum absolute atomic E-state index is 11.1. The van der Waals surface area contributed by atoms with E-state index in [1.165, 1.54) is 0 Å². The molecule has 2 rings (SSSR count). The highest BCUT2D eigenvalue weighted by Gasteiger charge is 2.55. The quantitative estimate of drug-likeness (QED) is 0.631. The Morgan fingerprint density at radius 2 is 1.85 bits per heavy atom. The van der Waals surface area contributed by atoms with E-state index in [2.05, 4.69) is 0 Å². The molecule has 1 aliphatic heterocycles. The first kappa shape index (κ1) is 15.8. The Balaban J connectivity index is 2.27. The van der Waals surface area contributed by atoms with Crippen LogP contribution in [0, 0.1) is 3.77 Å². The SMILES string of the molecule is CC1(C)OB(C(CC(=O)O)c2ccc(I)o2)OC1(C)C. The number of carboxylic acid groups (broad SMARTS) is 1. The monoisotopic (exact) mass is 392 g/mol. The molecule has 0 amide bonds. The van der Waals surface area contributed by atoms with Crippen LogP contribution in [0.25, 0.3) is 0 Å². The van der Waals surface area contributed by atoms with Gasteiger partial charge in [0.1, 0.15) is 5.76 Å². The molecule has 1 atom stereocenters. The summed E-state index contributed by atoms with van der Waals surface area (Å²) in [5.74, 6) is -0.788. The lowest BCUT2D eigenvalue weighted by Crippen LogP contribution is -2.41. The van der Waals surface area contributed by atoms with E-state index >= 15 is 0 Å². The second-order valence-corrected chi connectivity index (χ2v) is 7.03. The van der Waals surface area contributed by atoms with Crippen LogP contribution in [-0.2, 0) is 14.1 Å². The molecular weight excluding hydrogens is 374 g/mol. The molecule has 0 saturated carbocycles. The van der Waals surface area contributed by atoms with Gasteiger partial charge in [0, 0.05) is 0 Å². The molecule has 0 bridgehead atoms. The normalized spacial score (nSPS) is 21.9. The van der Waals surface area contributed by atoms with Crippen molar-refractivity contribution >= 4 is 35.7 Å². The van der Waals surface area contributed by atoms with Crippen molar-refractivity contribution < 1.29 is 23.6 Å². The zero-order chi connectivity index (χ0) is 15.1. The second-order valence-electron chi connectivity index (χ2n) is 5.97. The lowest BCUT2D eigenvalue weighted by atomic mass is 9.68. The van der Waals surface area contributed by atoms with E-state index in [-0.39, 0.29) is 6.42 Å². The van der Waals surface area contributed by atoms with Crippen molar-refractivity contribution in [3.8, 4) is 0 Å². The average Bonchev–Trinajstić information content (AvgIpc) is 2.78. The minimum absolute atomic E-state index is 0.0968. The second kappa shape index (κ2) is 5.34. The lowest BCUT2D eigenvalue weighted by molar-refractivity contribution is -0.137. The smallest absolute Gasteiger partial charge is 0.469 e. The zero-order valence-corrected chi connectivity index (χ0v) is 14.1. The van der Waals surface area contributed by atoms with Gasteiger partial charge >= 0.3 is 13.1 Å². The van der Waals surface area contributed by atoms with Crippen LogP contribution in [0.2, 0.25) is 0 Å². The van der Waals surface area contributed by atoms with Crippen molar-refractivity contribution in [2.24, 2.45) is 0 Å². The molecule has 0 aliphatic carbocycles. The maximum atomic E-state index is 11.1. The maximum Gasteiger partial charge on any atom is 0.469 e. The summed E-state index contributed by atoms with van der Waals surface area (Å²) in [6.45, 7) is 7.76. The topological polar surface area (TPSA) is 68.9 Å². The molecule has 110 valence electrons. The first-order valence-electron chi connectivity index (χ1n) is 6.45. The summed E-state index contributed by atoms with van der Waals surface area (Å²) in [6, 6.07) is 3.58. The Bertz CT molecular complexity index is 495. The number of furan rings is 1. The first-order valence-corrected chi connectivity index (χ1v) is 7.53. The van der Waals surface area contributed by atoms with Crippen LogP contribution >= 0.6 is 22.6 Å². The summed E-state index contributed by atoms with van der Waals surface area (Å²) in [5, 5.41) is 9.12. The van der Waals surface area contributed by atoms with Gasteiger partial charge in [-0.05, 0) is 62.4 Å².